The van der Waals surface area contributed by atoms with Crippen LogP contribution in [0.25, 0.3) is 0 Å². The van der Waals surface area contributed by atoms with Crippen LogP contribution in [0.5, 0.6) is 0 Å². The first-order valence-corrected chi connectivity index (χ1v) is 16.6. The third-order valence-corrected chi connectivity index (χ3v) is 16.6. The zero-order valence-electron chi connectivity index (χ0n) is 8.04. The predicted octanol–water partition coefficient (Wildman–Crippen LogP) is 4.92. The van der Waals surface area contributed by atoms with Crippen LogP contribution in [0.2, 0.25) is 0 Å². The quantitative estimate of drug-likeness (QED) is 0.536. The molecule has 2 aromatic rings. The zero-order chi connectivity index (χ0) is 10.7. The Morgan fingerprint density at radius 3 is 1.69 bits per heavy atom. The third kappa shape index (κ3) is 4.73. The van der Waals surface area contributed by atoms with Crippen molar-refractivity contribution >= 4 is 49.3 Å². The van der Waals surface area contributed by atoms with Gasteiger partial charge in [0, 0.05) is 17.1 Å². The van der Waals surface area contributed by atoms with Crippen LogP contribution in [-0.2, 0) is 17.1 Å². The summed E-state index contributed by atoms with van der Waals surface area (Å²) in [7, 11) is 13.2. The van der Waals surface area contributed by atoms with Gasteiger partial charge in [0.15, 0.2) is 0 Å². The van der Waals surface area contributed by atoms with Crippen molar-refractivity contribution < 1.29 is 17.1 Å². The van der Waals surface area contributed by atoms with Gasteiger partial charge in [0.1, 0.15) is 0 Å². The Labute approximate surface area is 123 Å². The van der Waals surface area contributed by atoms with Gasteiger partial charge in [-0.15, -0.1) is 0 Å². The molecule has 6 heteroatoms. The standard InChI is InChI=1S/C10H8Cl2GeS2.Fe/c11-13(12,14-9-5-1-2-6-9)15-10-7-3-4-8-10;/h1-8H;/q-2;. The molecule has 0 amide bonds. The molecule has 2 aromatic carbocycles. The van der Waals surface area contributed by atoms with Crippen LogP contribution in [0, 0.1) is 0 Å². The fourth-order valence-electron chi connectivity index (χ4n) is 1.14. The molecule has 0 fully saturated rings. The van der Waals surface area contributed by atoms with E-state index in [-0.39, 0.29) is 17.1 Å². The molecule has 0 aliphatic heterocycles. The molecule has 0 aliphatic carbocycles. The van der Waals surface area contributed by atoms with E-state index in [9.17, 15) is 0 Å². The summed E-state index contributed by atoms with van der Waals surface area (Å²) in [5.41, 5.74) is 0. The Balaban J connectivity index is 0.00000128. The normalized spacial score (nSPS) is 11.1. The molecule has 0 saturated heterocycles. The van der Waals surface area contributed by atoms with Crippen molar-refractivity contribution in [3.8, 4) is 0 Å². The molecule has 0 heterocycles. The fraction of sp³-hybridized carbons (Fsp3) is 0. The molecule has 0 saturated carbocycles. The second kappa shape index (κ2) is 6.84. The Kier molecular flexibility index (Phi) is 6.45. The summed E-state index contributed by atoms with van der Waals surface area (Å²) in [4.78, 5) is 2.33. The van der Waals surface area contributed by atoms with E-state index in [1.807, 2.05) is 48.5 Å². The maximum absolute atomic E-state index is 6.40. The summed E-state index contributed by atoms with van der Waals surface area (Å²) in [6, 6.07) is 16.2. The van der Waals surface area contributed by atoms with Gasteiger partial charge < -0.3 is 0 Å². The van der Waals surface area contributed by atoms with Gasteiger partial charge in [0.05, 0.1) is 0 Å². The molecule has 0 atom stereocenters. The molecule has 0 nitrogen and oxygen atoms in total. The molecule has 2 rings (SSSR count). The fourth-order valence-corrected chi connectivity index (χ4v) is 17.0. The topological polar surface area (TPSA) is 0 Å². The van der Waals surface area contributed by atoms with E-state index in [1.165, 1.54) is 9.79 Å². The largest absolute Gasteiger partial charge is 0 e. The number of hydrogen-bond donors (Lipinski definition) is 0. The van der Waals surface area contributed by atoms with Crippen LogP contribution < -0.4 is 0 Å². The van der Waals surface area contributed by atoms with Crippen molar-refractivity contribution in [1.82, 2.24) is 0 Å². The van der Waals surface area contributed by atoms with Gasteiger partial charge in [-0.1, -0.05) is 0 Å². The maximum atomic E-state index is 6.40. The van der Waals surface area contributed by atoms with Gasteiger partial charge in [-0.05, 0) is 0 Å². The third-order valence-electron chi connectivity index (χ3n) is 1.74. The monoisotopic (exact) mass is 392 g/mol. The van der Waals surface area contributed by atoms with E-state index in [1.54, 1.807) is 20.2 Å². The molecule has 0 radical (unpaired) electrons. The molecular formula is C10H8Cl2FeGeS2-2. The van der Waals surface area contributed by atoms with Crippen LogP contribution in [0.1, 0.15) is 0 Å². The van der Waals surface area contributed by atoms with Gasteiger partial charge >= 0.3 is 108 Å². The maximum Gasteiger partial charge on any atom is 0 e. The summed E-state index contributed by atoms with van der Waals surface area (Å²) in [6.45, 7) is 0. The summed E-state index contributed by atoms with van der Waals surface area (Å²) >= 11 is 0. The van der Waals surface area contributed by atoms with E-state index in [2.05, 4.69) is 0 Å². The van der Waals surface area contributed by atoms with Gasteiger partial charge in [-0.2, -0.15) is 0 Å². The van der Waals surface area contributed by atoms with Crippen LogP contribution in [-0.4, -0.2) is 9.12 Å². The van der Waals surface area contributed by atoms with E-state index < -0.39 is 9.12 Å². The van der Waals surface area contributed by atoms with Crippen LogP contribution in [0.3, 0.4) is 0 Å². The van der Waals surface area contributed by atoms with E-state index in [4.69, 9.17) is 20.0 Å². The SMILES string of the molecule is [Cl][Ge]([Cl])([S]c1cc[cH-]c1)[S]c1cc[cH-]c1.[Fe]. The van der Waals surface area contributed by atoms with Gasteiger partial charge in [0.2, 0.25) is 0 Å². The van der Waals surface area contributed by atoms with Crippen molar-refractivity contribution in [3.63, 3.8) is 0 Å². The summed E-state index contributed by atoms with van der Waals surface area (Å²) < 4.78 is 0. The molecular weight excluding hydrogens is 384 g/mol. The van der Waals surface area contributed by atoms with Crippen LogP contribution >= 0.6 is 40.2 Å². The molecule has 0 aliphatic rings. The Bertz CT molecular complexity index is 362. The molecule has 16 heavy (non-hydrogen) atoms. The molecule has 88 valence electrons. The van der Waals surface area contributed by atoms with E-state index in [0.717, 1.165) is 0 Å². The molecule has 0 aromatic heterocycles. The molecule has 0 unspecified atom stereocenters. The average Bonchev–Trinajstić information content (AvgIpc) is 2.75. The Morgan fingerprint density at radius 1 is 0.938 bits per heavy atom. The molecule has 0 N–H and O–H groups in total. The minimum Gasteiger partial charge on any atom is 0 e. The number of halogens is 2. The van der Waals surface area contributed by atoms with Crippen molar-refractivity contribution in [1.29, 1.82) is 0 Å². The smallest absolute Gasteiger partial charge is 0 e. The van der Waals surface area contributed by atoms with E-state index >= 15 is 0 Å². The van der Waals surface area contributed by atoms with E-state index in [0.29, 0.717) is 0 Å². The predicted molar refractivity (Wildman–Crippen MR) is 73.2 cm³/mol. The summed E-state index contributed by atoms with van der Waals surface area (Å²) in [6.07, 6.45) is 0. The first-order chi connectivity index (χ1) is 7.16. The van der Waals surface area contributed by atoms with Crippen LogP contribution in [0.4, 0.5) is 0 Å². The summed E-state index contributed by atoms with van der Waals surface area (Å²) in [5.74, 6) is 0. The molecule has 0 bridgehead atoms. The van der Waals surface area contributed by atoms with Crippen molar-refractivity contribution in [3.05, 3.63) is 48.5 Å². The Morgan fingerprint density at radius 2 is 1.38 bits per heavy atom. The summed E-state index contributed by atoms with van der Waals surface area (Å²) in [5, 5.41) is 0. The number of rotatable bonds is 4. The van der Waals surface area contributed by atoms with Crippen molar-refractivity contribution in [2.24, 2.45) is 0 Å². The molecule has 0 spiro atoms. The van der Waals surface area contributed by atoms with Crippen LogP contribution in [0.15, 0.2) is 58.3 Å². The first kappa shape index (κ1) is 15.1. The first-order valence-electron chi connectivity index (χ1n) is 4.35. The minimum atomic E-state index is -2.85. The van der Waals surface area contributed by atoms with Gasteiger partial charge in [-0.25, -0.2) is 0 Å². The zero-order valence-corrected chi connectivity index (χ0v) is 14.4. The van der Waals surface area contributed by atoms with Gasteiger partial charge in [0.25, 0.3) is 0 Å². The van der Waals surface area contributed by atoms with Crippen molar-refractivity contribution in [2.75, 3.05) is 0 Å². The number of hydrogen-bond acceptors (Lipinski definition) is 2. The van der Waals surface area contributed by atoms with Gasteiger partial charge in [-0.3, -0.25) is 0 Å². The second-order valence-corrected chi connectivity index (χ2v) is 28.0. The average molecular weight is 392 g/mol. The van der Waals surface area contributed by atoms with Crippen molar-refractivity contribution in [2.45, 2.75) is 9.79 Å². The second-order valence-electron chi connectivity index (χ2n) is 2.91. The Hall–Kier alpha value is 1.04. The minimum absolute atomic E-state index is 0.